The molecule has 0 unspecified atom stereocenters. The van der Waals surface area contributed by atoms with Crippen LogP contribution < -0.4 is 11.1 Å². The van der Waals surface area contributed by atoms with Gasteiger partial charge in [-0.3, -0.25) is 9.59 Å². The number of halogens is 2. The maximum Gasteiger partial charge on any atom is 0.243 e. The maximum absolute atomic E-state index is 12.2. The Morgan fingerprint density at radius 3 is 2.30 bits per heavy atom. The number of hydrogen-bond acceptors (Lipinski definition) is 3. The average Bonchev–Trinajstić information content (AvgIpc) is 3.19. The highest BCUT2D eigenvalue weighted by Crippen LogP contribution is 2.21. The maximum atomic E-state index is 12.2. The molecule has 0 aromatic heterocycles. The summed E-state index contributed by atoms with van der Waals surface area (Å²) in [6, 6.07) is 4.64. The number of nitrogens with zero attached hydrogens (tertiary/aromatic N) is 1. The number of hydrogen-bond donors (Lipinski definition) is 2. The second-order valence-corrected chi connectivity index (χ2v) is 7.87. The summed E-state index contributed by atoms with van der Waals surface area (Å²) in [5.74, 6) is -0.390. The van der Waals surface area contributed by atoms with Gasteiger partial charge >= 0.3 is 0 Å². The van der Waals surface area contributed by atoms with Gasteiger partial charge in [0.1, 0.15) is 6.04 Å². The molecule has 3 rings (SSSR count). The van der Waals surface area contributed by atoms with E-state index in [0.717, 1.165) is 12.0 Å². The smallest absolute Gasteiger partial charge is 0.243 e. The van der Waals surface area contributed by atoms with E-state index in [4.69, 9.17) is 28.9 Å². The predicted octanol–water partition coefficient (Wildman–Crippen LogP) is 3.90. The fourth-order valence-corrected chi connectivity index (χ4v) is 3.87. The molecule has 27 heavy (non-hydrogen) atoms. The molecule has 0 radical (unpaired) electrons. The Balaban J connectivity index is 0.000000369. The van der Waals surface area contributed by atoms with Crippen molar-refractivity contribution in [2.24, 2.45) is 5.73 Å². The van der Waals surface area contributed by atoms with Crippen LogP contribution in [0.2, 0.25) is 10.0 Å². The highest BCUT2D eigenvalue weighted by Gasteiger charge is 2.33. The first-order valence-electron chi connectivity index (χ1n) is 9.74. The predicted molar refractivity (Wildman–Crippen MR) is 110 cm³/mol. The van der Waals surface area contributed by atoms with Crippen LogP contribution in [0, 0.1) is 0 Å². The van der Waals surface area contributed by atoms with Crippen molar-refractivity contribution in [3.8, 4) is 0 Å². The lowest BCUT2D eigenvalue weighted by Crippen LogP contribution is -2.47. The lowest BCUT2D eigenvalue weighted by molar-refractivity contribution is -0.137. The molecule has 1 saturated carbocycles. The van der Waals surface area contributed by atoms with E-state index >= 15 is 0 Å². The van der Waals surface area contributed by atoms with Crippen molar-refractivity contribution in [3.63, 3.8) is 0 Å². The second-order valence-electron chi connectivity index (χ2n) is 7.02. The van der Waals surface area contributed by atoms with Gasteiger partial charge in [0, 0.05) is 23.1 Å². The first-order chi connectivity index (χ1) is 13.0. The molecule has 1 aliphatic heterocycles. The van der Waals surface area contributed by atoms with Crippen molar-refractivity contribution in [3.05, 3.63) is 33.8 Å². The summed E-state index contributed by atoms with van der Waals surface area (Å²) in [6.07, 6.45) is 10.5. The van der Waals surface area contributed by atoms with Crippen molar-refractivity contribution >= 4 is 35.0 Å². The van der Waals surface area contributed by atoms with E-state index in [-0.39, 0.29) is 24.9 Å². The van der Waals surface area contributed by atoms with Gasteiger partial charge in [0.15, 0.2) is 0 Å². The summed E-state index contributed by atoms with van der Waals surface area (Å²) in [5, 5.41) is 3.90. The topological polar surface area (TPSA) is 75.4 Å². The van der Waals surface area contributed by atoms with Crippen molar-refractivity contribution in [1.29, 1.82) is 0 Å². The van der Waals surface area contributed by atoms with Crippen LogP contribution in [-0.2, 0) is 16.1 Å². The minimum Gasteiger partial charge on any atom is -0.350 e. The SMILES string of the molecule is C1CCCCC1.NCC(=O)N1CCC[C@H]1C(=O)NCc1cc(Cl)ccc1Cl. The van der Waals surface area contributed by atoms with Gasteiger partial charge in [0.05, 0.1) is 6.54 Å². The van der Waals surface area contributed by atoms with Crippen molar-refractivity contribution in [2.45, 2.75) is 64.0 Å². The number of benzene rings is 1. The van der Waals surface area contributed by atoms with E-state index in [2.05, 4.69) is 5.32 Å². The van der Waals surface area contributed by atoms with Crippen LogP contribution in [0.25, 0.3) is 0 Å². The highest BCUT2D eigenvalue weighted by molar-refractivity contribution is 6.33. The Bertz CT molecular complexity index is 624. The van der Waals surface area contributed by atoms with Gasteiger partial charge < -0.3 is 16.0 Å². The van der Waals surface area contributed by atoms with Gasteiger partial charge in [-0.2, -0.15) is 0 Å². The minimum atomic E-state index is -0.445. The minimum absolute atomic E-state index is 0.0795. The molecule has 1 heterocycles. The van der Waals surface area contributed by atoms with Crippen molar-refractivity contribution in [2.75, 3.05) is 13.1 Å². The summed E-state index contributed by atoms with van der Waals surface area (Å²) >= 11 is 12.0. The Kier molecular flexibility index (Phi) is 9.39. The van der Waals surface area contributed by atoms with E-state index in [0.29, 0.717) is 23.0 Å². The zero-order chi connectivity index (χ0) is 19.6. The van der Waals surface area contributed by atoms with E-state index in [1.54, 1.807) is 18.2 Å². The van der Waals surface area contributed by atoms with Gasteiger partial charge in [0.2, 0.25) is 11.8 Å². The van der Waals surface area contributed by atoms with Gasteiger partial charge in [0.25, 0.3) is 0 Å². The van der Waals surface area contributed by atoms with E-state index in [9.17, 15) is 9.59 Å². The van der Waals surface area contributed by atoms with Gasteiger partial charge in [-0.1, -0.05) is 61.7 Å². The second kappa shape index (κ2) is 11.5. The number of carbonyl (C=O) groups is 2. The number of amides is 2. The quantitative estimate of drug-likeness (QED) is 0.785. The zero-order valence-corrected chi connectivity index (χ0v) is 17.2. The summed E-state index contributed by atoms with van der Waals surface area (Å²) in [4.78, 5) is 25.4. The van der Waals surface area contributed by atoms with Crippen LogP contribution >= 0.6 is 23.2 Å². The van der Waals surface area contributed by atoms with Gasteiger partial charge in [-0.15, -0.1) is 0 Å². The van der Waals surface area contributed by atoms with Gasteiger partial charge in [-0.25, -0.2) is 0 Å². The van der Waals surface area contributed by atoms with Crippen LogP contribution in [0.15, 0.2) is 18.2 Å². The fraction of sp³-hybridized carbons (Fsp3) is 0.600. The Labute approximate surface area is 171 Å². The highest BCUT2D eigenvalue weighted by atomic mass is 35.5. The van der Waals surface area contributed by atoms with Crippen molar-refractivity contribution < 1.29 is 9.59 Å². The molecule has 2 amide bonds. The molecule has 5 nitrogen and oxygen atoms in total. The van der Waals surface area contributed by atoms with E-state index in [1.807, 2.05) is 0 Å². The molecule has 2 aliphatic rings. The van der Waals surface area contributed by atoms with Crippen LogP contribution in [0.3, 0.4) is 0 Å². The first kappa shape index (κ1) is 22.0. The third-order valence-electron chi connectivity index (χ3n) is 5.01. The molecule has 150 valence electrons. The Morgan fingerprint density at radius 2 is 1.70 bits per heavy atom. The standard InChI is InChI=1S/C14H17Cl2N3O2.C6H12/c15-10-3-4-11(16)9(6-10)8-18-14(21)12-2-1-5-19(12)13(20)7-17;1-2-4-6-5-3-1/h3-4,6,12H,1-2,5,7-8,17H2,(H,18,21);1-6H2/t12-;/m0./s1. The third kappa shape index (κ3) is 6.98. The molecule has 2 fully saturated rings. The molecule has 0 bridgehead atoms. The van der Waals surface area contributed by atoms with Crippen LogP contribution in [0.1, 0.15) is 56.9 Å². The molecular weight excluding hydrogens is 385 g/mol. The van der Waals surface area contributed by atoms with E-state index in [1.165, 1.54) is 43.4 Å². The largest absolute Gasteiger partial charge is 0.350 e. The lowest BCUT2D eigenvalue weighted by Gasteiger charge is -2.23. The number of rotatable bonds is 4. The number of likely N-dealkylation sites (tertiary alicyclic amines) is 1. The summed E-state index contributed by atoms with van der Waals surface area (Å²) in [7, 11) is 0. The zero-order valence-electron chi connectivity index (χ0n) is 15.7. The summed E-state index contributed by atoms with van der Waals surface area (Å²) in [6.45, 7) is 0.773. The number of nitrogens with one attached hydrogen (secondary N) is 1. The molecular formula is C20H29Cl2N3O2. The monoisotopic (exact) mass is 413 g/mol. The van der Waals surface area contributed by atoms with Crippen molar-refractivity contribution in [1.82, 2.24) is 10.2 Å². The molecule has 1 aliphatic carbocycles. The van der Waals surface area contributed by atoms with Crippen LogP contribution in [0.5, 0.6) is 0 Å². The molecule has 7 heteroatoms. The van der Waals surface area contributed by atoms with Crippen LogP contribution in [-0.4, -0.2) is 35.8 Å². The third-order valence-corrected chi connectivity index (χ3v) is 5.62. The summed E-state index contributed by atoms with van der Waals surface area (Å²) in [5.41, 5.74) is 6.10. The molecule has 3 N–H and O–H groups in total. The summed E-state index contributed by atoms with van der Waals surface area (Å²) < 4.78 is 0. The Morgan fingerprint density at radius 1 is 1.07 bits per heavy atom. The Hall–Kier alpha value is -1.30. The lowest BCUT2D eigenvalue weighted by atomic mass is 10.0. The molecule has 1 aromatic carbocycles. The van der Waals surface area contributed by atoms with E-state index < -0.39 is 6.04 Å². The van der Waals surface area contributed by atoms with Crippen LogP contribution in [0.4, 0.5) is 0 Å². The first-order valence-corrected chi connectivity index (χ1v) is 10.5. The molecule has 1 atom stereocenters. The molecule has 1 saturated heterocycles. The normalized spacial score (nSPS) is 19.2. The number of carbonyl (C=O) groups excluding carboxylic acids is 2. The fourth-order valence-electron chi connectivity index (χ4n) is 3.49. The molecule has 1 aromatic rings. The van der Waals surface area contributed by atoms with Gasteiger partial charge in [-0.05, 0) is 36.6 Å². The molecule has 0 spiro atoms. The average molecular weight is 414 g/mol. The number of nitrogens with two attached hydrogens (primary N) is 1.